The van der Waals surface area contributed by atoms with E-state index in [1.54, 1.807) is 11.8 Å². The summed E-state index contributed by atoms with van der Waals surface area (Å²) in [4.78, 5) is 0. The van der Waals surface area contributed by atoms with Gasteiger partial charge in [-0.2, -0.15) is 0 Å². The van der Waals surface area contributed by atoms with Crippen LogP contribution in [-0.4, -0.2) is 45.3 Å². The summed E-state index contributed by atoms with van der Waals surface area (Å²) < 4.78 is 2.18. The molecular weight excluding hydrogens is 308 g/mol. The highest BCUT2D eigenvalue weighted by molar-refractivity contribution is 7.99. The van der Waals surface area contributed by atoms with Gasteiger partial charge in [0, 0.05) is 24.8 Å². The number of nitrogens with one attached hydrogen (secondary N) is 1. The molecule has 7 heteroatoms. The molecule has 2 rings (SSSR count). The minimum atomic E-state index is 0. The molecule has 1 aliphatic heterocycles. The molecule has 0 spiro atoms. The van der Waals surface area contributed by atoms with Gasteiger partial charge in [0.05, 0.1) is 0 Å². The molecule has 21 heavy (non-hydrogen) atoms. The van der Waals surface area contributed by atoms with E-state index in [-0.39, 0.29) is 24.9 Å². The number of nitrogens with zero attached hydrogens (tertiary/aromatic N) is 3. The number of hydrogen-bond acceptors (Lipinski definition) is 5. The molecule has 1 aromatic heterocycles. The van der Waals surface area contributed by atoms with Gasteiger partial charge in [0.1, 0.15) is 5.82 Å². The van der Waals surface area contributed by atoms with Crippen LogP contribution in [0.25, 0.3) is 0 Å². The summed E-state index contributed by atoms with van der Waals surface area (Å²) in [5, 5.41) is 22.2. The van der Waals surface area contributed by atoms with Crippen LogP contribution in [-0.2, 0) is 6.54 Å². The van der Waals surface area contributed by atoms with E-state index in [0.29, 0.717) is 5.92 Å². The molecule has 0 aromatic carbocycles. The van der Waals surface area contributed by atoms with E-state index in [1.165, 1.54) is 0 Å². The van der Waals surface area contributed by atoms with Crippen LogP contribution >= 0.6 is 24.2 Å². The lowest BCUT2D eigenvalue weighted by Crippen LogP contribution is -2.28. The molecule has 1 saturated heterocycles. The summed E-state index contributed by atoms with van der Waals surface area (Å²) in [5.41, 5.74) is 0. The zero-order valence-corrected chi connectivity index (χ0v) is 14.1. The van der Waals surface area contributed by atoms with Crippen molar-refractivity contribution in [1.29, 1.82) is 0 Å². The van der Waals surface area contributed by atoms with Gasteiger partial charge in [-0.15, -0.1) is 29.2 Å². The molecule has 0 amide bonds. The highest BCUT2D eigenvalue weighted by atomic mass is 35.5. The van der Waals surface area contributed by atoms with Crippen molar-refractivity contribution >= 4 is 24.2 Å². The second-order valence-corrected chi connectivity index (χ2v) is 6.35. The first-order valence-electron chi connectivity index (χ1n) is 7.24. The predicted octanol–water partition coefficient (Wildman–Crippen LogP) is 2.07. The van der Waals surface area contributed by atoms with Crippen molar-refractivity contribution in [3.8, 4) is 0 Å². The molecule has 0 saturated carbocycles. The van der Waals surface area contributed by atoms with Gasteiger partial charge >= 0.3 is 0 Å². The Morgan fingerprint density at radius 1 is 1.48 bits per heavy atom. The van der Waals surface area contributed by atoms with Gasteiger partial charge in [-0.25, -0.2) is 0 Å². The molecule has 0 radical (unpaired) electrons. The molecule has 0 aliphatic carbocycles. The van der Waals surface area contributed by atoms with Gasteiger partial charge in [0.25, 0.3) is 0 Å². The van der Waals surface area contributed by atoms with Crippen molar-refractivity contribution in [2.24, 2.45) is 5.92 Å². The molecule has 5 nitrogen and oxygen atoms in total. The second-order valence-electron chi connectivity index (χ2n) is 5.36. The maximum absolute atomic E-state index is 9.12. The van der Waals surface area contributed by atoms with Crippen molar-refractivity contribution in [3.05, 3.63) is 18.5 Å². The van der Waals surface area contributed by atoms with Gasteiger partial charge in [-0.05, 0) is 31.8 Å². The Balaban J connectivity index is 0.00000220. The third-order valence-corrected chi connectivity index (χ3v) is 4.87. The quantitative estimate of drug-likeness (QED) is 0.591. The van der Waals surface area contributed by atoms with E-state index >= 15 is 0 Å². The number of halogens is 1. The van der Waals surface area contributed by atoms with E-state index in [9.17, 15) is 0 Å². The van der Waals surface area contributed by atoms with Crippen LogP contribution in [0.1, 0.15) is 31.5 Å². The average molecular weight is 333 g/mol. The summed E-state index contributed by atoms with van der Waals surface area (Å²) in [5.74, 6) is 2.72. The normalized spacial score (nSPS) is 17.2. The lowest BCUT2D eigenvalue weighted by molar-refractivity contribution is 0.250. The average Bonchev–Trinajstić information content (AvgIpc) is 2.89. The lowest BCUT2D eigenvalue weighted by atomic mass is 9.97. The predicted molar refractivity (Wildman–Crippen MR) is 89.3 cm³/mol. The van der Waals surface area contributed by atoms with Crippen molar-refractivity contribution in [3.63, 3.8) is 0 Å². The monoisotopic (exact) mass is 332 g/mol. The first-order valence-corrected chi connectivity index (χ1v) is 8.23. The first-order chi connectivity index (χ1) is 9.76. The Kier molecular flexibility index (Phi) is 8.33. The Labute approximate surface area is 137 Å². The van der Waals surface area contributed by atoms with Crippen LogP contribution in [0, 0.1) is 5.92 Å². The highest BCUT2D eigenvalue weighted by Gasteiger charge is 2.23. The maximum Gasteiger partial charge on any atom is 0.191 e. The Bertz CT molecular complexity index is 435. The number of aliphatic hydroxyl groups excluding tert-OH is 1. The molecule has 2 heterocycles. The standard InChI is InChI=1S/C14H24N4OS.ClH/c1-3-8-18-13(12-4-6-15-7-5-12)16-17-14(18)20-10-11(2)9-19;/h3,11-12,15,19H,1,4-10H2,2H3;1H/t11-;/m0./s1. The van der Waals surface area contributed by atoms with E-state index < -0.39 is 0 Å². The zero-order valence-electron chi connectivity index (χ0n) is 12.5. The Hall–Kier alpha value is -0.560. The fourth-order valence-corrected chi connectivity index (χ4v) is 3.32. The molecule has 1 aromatic rings. The van der Waals surface area contributed by atoms with E-state index in [2.05, 4.69) is 26.7 Å². The molecule has 1 fully saturated rings. The SMILES string of the molecule is C=CCn1c(SC[C@@H](C)CO)nnc1C1CCNCC1.Cl. The maximum atomic E-state index is 9.12. The van der Waals surface area contributed by atoms with Gasteiger partial charge in [0.2, 0.25) is 0 Å². The fourth-order valence-electron chi connectivity index (χ4n) is 2.36. The number of allylic oxidation sites excluding steroid dienone is 1. The molecule has 2 N–H and O–H groups in total. The number of rotatable bonds is 7. The summed E-state index contributed by atoms with van der Waals surface area (Å²) in [6.45, 7) is 8.94. The summed E-state index contributed by atoms with van der Waals surface area (Å²) in [6, 6.07) is 0. The summed E-state index contributed by atoms with van der Waals surface area (Å²) >= 11 is 1.67. The van der Waals surface area contributed by atoms with Crippen LogP contribution < -0.4 is 5.32 Å². The summed E-state index contributed by atoms with van der Waals surface area (Å²) in [7, 11) is 0. The molecule has 1 atom stereocenters. The second kappa shape index (κ2) is 9.46. The Morgan fingerprint density at radius 2 is 2.19 bits per heavy atom. The van der Waals surface area contributed by atoms with Gasteiger partial charge in [-0.1, -0.05) is 24.8 Å². The molecule has 0 unspecified atom stereocenters. The number of aliphatic hydroxyl groups is 1. The molecule has 120 valence electrons. The van der Waals surface area contributed by atoms with Crippen LogP contribution in [0.3, 0.4) is 0 Å². The Morgan fingerprint density at radius 3 is 2.81 bits per heavy atom. The van der Waals surface area contributed by atoms with E-state index in [4.69, 9.17) is 5.11 Å². The van der Waals surface area contributed by atoms with Crippen molar-refractivity contribution in [1.82, 2.24) is 20.1 Å². The van der Waals surface area contributed by atoms with E-state index in [1.807, 2.05) is 13.0 Å². The van der Waals surface area contributed by atoms with Crippen molar-refractivity contribution < 1.29 is 5.11 Å². The van der Waals surface area contributed by atoms with Crippen LogP contribution in [0.5, 0.6) is 0 Å². The smallest absolute Gasteiger partial charge is 0.191 e. The number of hydrogen-bond donors (Lipinski definition) is 2. The third kappa shape index (κ3) is 4.98. The number of aromatic nitrogens is 3. The van der Waals surface area contributed by atoms with Gasteiger partial charge in [-0.3, -0.25) is 0 Å². The highest BCUT2D eigenvalue weighted by Crippen LogP contribution is 2.28. The lowest BCUT2D eigenvalue weighted by Gasteiger charge is -2.22. The van der Waals surface area contributed by atoms with Crippen molar-refractivity contribution in [2.45, 2.75) is 37.4 Å². The molecule has 1 aliphatic rings. The minimum absolute atomic E-state index is 0. The van der Waals surface area contributed by atoms with E-state index in [0.717, 1.165) is 49.2 Å². The molecular formula is C14H25ClN4OS. The van der Waals surface area contributed by atoms with Crippen molar-refractivity contribution in [2.75, 3.05) is 25.4 Å². The van der Waals surface area contributed by atoms with Gasteiger partial charge < -0.3 is 15.0 Å². The van der Waals surface area contributed by atoms with Crippen LogP contribution in [0.4, 0.5) is 0 Å². The summed E-state index contributed by atoms with van der Waals surface area (Å²) in [6.07, 6.45) is 4.13. The topological polar surface area (TPSA) is 63.0 Å². The van der Waals surface area contributed by atoms with Crippen LogP contribution in [0.2, 0.25) is 0 Å². The number of thioether (sulfide) groups is 1. The van der Waals surface area contributed by atoms with Gasteiger partial charge in [0.15, 0.2) is 5.16 Å². The largest absolute Gasteiger partial charge is 0.396 e. The first kappa shape index (κ1) is 18.5. The molecule has 0 bridgehead atoms. The van der Waals surface area contributed by atoms with Crippen LogP contribution in [0.15, 0.2) is 17.8 Å². The minimum Gasteiger partial charge on any atom is -0.396 e. The zero-order chi connectivity index (χ0) is 14.4. The number of piperidine rings is 1. The third-order valence-electron chi connectivity index (χ3n) is 3.57. The fraction of sp³-hybridized carbons (Fsp3) is 0.714.